The van der Waals surface area contributed by atoms with Crippen LogP contribution in [0.15, 0.2) is 54.6 Å². The molecule has 5 rings (SSSR count). The van der Waals surface area contributed by atoms with E-state index in [2.05, 4.69) is 21.3 Å². The molecule has 3 fully saturated rings. The predicted molar refractivity (Wildman–Crippen MR) is 179 cm³/mol. The molecule has 5 atom stereocenters. The molecule has 11 nitrogen and oxygen atoms in total. The smallest absolute Gasteiger partial charge is 0.408 e. The monoisotopic (exact) mass is 716 g/mol. The van der Waals surface area contributed by atoms with E-state index in [-0.39, 0.29) is 40.8 Å². The minimum Gasteiger partial charge on any atom is -0.450 e. The Bertz CT molecular complexity index is 1570. The predicted octanol–water partition coefficient (Wildman–Crippen LogP) is 5.07. The fraction of sp³-hybridized carbons (Fsp3) is 0.528. The number of amides is 4. The van der Waals surface area contributed by atoms with Crippen LogP contribution >= 0.6 is 11.6 Å². The van der Waals surface area contributed by atoms with E-state index in [1.165, 1.54) is 42.5 Å². The van der Waals surface area contributed by atoms with Gasteiger partial charge in [-0.1, -0.05) is 67.4 Å². The van der Waals surface area contributed by atoms with E-state index >= 15 is 8.78 Å². The third kappa shape index (κ3) is 9.49. The number of hydrogen-bond acceptors (Lipinski definition) is 7. The molecule has 2 aliphatic carbocycles. The van der Waals surface area contributed by atoms with Crippen molar-refractivity contribution >= 4 is 41.4 Å². The third-order valence-electron chi connectivity index (χ3n) is 9.69. The molecule has 14 heteroatoms. The lowest BCUT2D eigenvalue weighted by Crippen LogP contribution is -2.58. The fourth-order valence-corrected chi connectivity index (χ4v) is 6.55. The number of ether oxygens (including phenoxy) is 2. The van der Waals surface area contributed by atoms with Gasteiger partial charge in [-0.2, -0.15) is 8.78 Å². The van der Waals surface area contributed by atoms with Gasteiger partial charge in [-0.25, -0.2) is 4.79 Å². The Balaban J connectivity index is 1.40. The first-order chi connectivity index (χ1) is 23.8. The van der Waals surface area contributed by atoms with Crippen molar-refractivity contribution in [3.05, 3.63) is 70.7 Å². The zero-order valence-electron chi connectivity index (χ0n) is 28.0. The standard InChI is InChI=1S/C36H43ClF2N4O7/c1-3-35(15-16-35)20-28(43-34(48)50-30(22-8-5-4-6-9-22)36(38,39)24-10-7-11-25(37)19-24)32(46)42-27(18-23-14-17-40-31(23)45)29(49-21(2)44)33(47)41-26-12-13-26/h4-11,19,23,26-30H,3,12-18,20H2,1-2H3,(H,40,45)(H,41,47)(H,42,46)(H,43,48)/t23-,27-,28-,29?,30?/m0/s1. The molecule has 3 aliphatic rings. The van der Waals surface area contributed by atoms with Gasteiger partial charge >= 0.3 is 18.0 Å². The summed E-state index contributed by atoms with van der Waals surface area (Å²) >= 11 is 6.02. The molecule has 270 valence electrons. The topological polar surface area (TPSA) is 152 Å². The van der Waals surface area contributed by atoms with Crippen LogP contribution in [0.3, 0.4) is 0 Å². The van der Waals surface area contributed by atoms with Crippen molar-refractivity contribution in [1.82, 2.24) is 21.3 Å². The average Bonchev–Trinajstić information content (AvgIpc) is 4.02. The summed E-state index contributed by atoms with van der Waals surface area (Å²) in [4.78, 5) is 65.7. The van der Waals surface area contributed by atoms with Gasteiger partial charge in [0.05, 0.1) is 6.04 Å². The zero-order chi connectivity index (χ0) is 36.1. The maximum absolute atomic E-state index is 16.1. The van der Waals surface area contributed by atoms with E-state index in [9.17, 15) is 24.0 Å². The molecule has 4 amide bonds. The molecule has 2 aromatic carbocycles. The van der Waals surface area contributed by atoms with E-state index in [0.29, 0.717) is 19.4 Å². The van der Waals surface area contributed by atoms with Gasteiger partial charge in [0.1, 0.15) is 6.04 Å². The number of hydrogen-bond donors (Lipinski definition) is 4. The van der Waals surface area contributed by atoms with Gasteiger partial charge in [-0.15, -0.1) is 0 Å². The Labute approximate surface area is 294 Å². The lowest BCUT2D eigenvalue weighted by Gasteiger charge is -2.31. The zero-order valence-corrected chi connectivity index (χ0v) is 28.8. The first-order valence-corrected chi connectivity index (χ1v) is 17.4. The van der Waals surface area contributed by atoms with Gasteiger partial charge in [-0.3, -0.25) is 19.2 Å². The lowest BCUT2D eigenvalue weighted by molar-refractivity contribution is -0.157. The van der Waals surface area contributed by atoms with Crippen molar-refractivity contribution in [2.75, 3.05) is 6.54 Å². The van der Waals surface area contributed by atoms with Crippen molar-refractivity contribution in [1.29, 1.82) is 0 Å². The number of nitrogens with one attached hydrogen (secondary N) is 4. The molecule has 1 saturated heterocycles. The number of rotatable bonds is 16. The molecule has 2 aromatic rings. The molecule has 0 aromatic heterocycles. The highest BCUT2D eigenvalue weighted by atomic mass is 35.5. The Morgan fingerprint density at radius 1 is 1.00 bits per heavy atom. The first kappa shape index (κ1) is 37.0. The summed E-state index contributed by atoms with van der Waals surface area (Å²) in [5, 5.41) is 10.9. The molecule has 2 unspecified atom stereocenters. The molecule has 1 aliphatic heterocycles. The van der Waals surface area contributed by atoms with Gasteiger partial charge in [0.2, 0.25) is 11.8 Å². The van der Waals surface area contributed by atoms with Crippen LogP contribution in [0.2, 0.25) is 5.02 Å². The molecule has 4 N–H and O–H groups in total. The quantitative estimate of drug-likeness (QED) is 0.177. The molecule has 0 spiro atoms. The van der Waals surface area contributed by atoms with Crippen molar-refractivity contribution in [2.45, 2.75) is 101 Å². The summed E-state index contributed by atoms with van der Waals surface area (Å²) in [6.07, 6.45) is -0.443. The van der Waals surface area contributed by atoms with Gasteiger partial charge in [0.15, 0.2) is 12.2 Å². The normalized spacial score (nSPS) is 20.3. The van der Waals surface area contributed by atoms with E-state index in [1.807, 2.05) is 6.92 Å². The van der Waals surface area contributed by atoms with E-state index in [1.54, 1.807) is 6.07 Å². The highest BCUT2D eigenvalue weighted by Crippen LogP contribution is 2.52. The molecule has 1 heterocycles. The summed E-state index contributed by atoms with van der Waals surface area (Å²) in [7, 11) is 0. The molecule has 50 heavy (non-hydrogen) atoms. The van der Waals surface area contributed by atoms with E-state index < -0.39 is 65.6 Å². The third-order valence-corrected chi connectivity index (χ3v) is 9.92. The van der Waals surface area contributed by atoms with Crippen molar-refractivity contribution in [2.24, 2.45) is 11.3 Å². The second-order valence-electron chi connectivity index (χ2n) is 13.5. The van der Waals surface area contributed by atoms with Crippen LogP contribution in [0.1, 0.15) is 82.4 Å². The summed E-state index contributed by atoms with van der Waals surface area (Å²) in [6, 6.07) is 10.1. The lowest BCUT2D eigenvalue weighted by atomic mass is 9.91. The molecular weight excluding hydrogens is 674 g/mol. The molecule has 0 bridgehead atoms. The van der Waals surface area contributed by atoms with Gasteiger partial charge in [0.25, 0.3) is 5.91 Å². The van der Waals surface area contributed by atoms with Crippen LogP contribution in [0, 0.1) is 11.3 Å². The second kappa shape index (κ2) is 15.7. The van der Waals surface area contributed by atoms with E-state index in [0.717, 1.165) is 38.7 Å². The SMILES string of the molecule is CCC1(C[C@H](NC(=O)OC(c2ccccc2)C(F)(F)c2cccc(Cl)c2)C(=O)N[C@@H](C[C@@H]2CCNC2=O)C(OC(C)=O)C(=O)NC2CC2)CC1. The van der Waals surface area contributed by atoms with Crippen LogP contribution in [-0.2, 0) is 34.6 Å². The van der Waals surface area contributed by atoms with Gasteiger partial charge in [-0.05, 0) is 68.1 Å². The Kier molecular flexibility index (Phi) is 11.7. The van der Waals surface area contributed by atoms with Gasteiger partial charge in [0, 0.05) is 36.0 Å². The van der Waals surface area contributed by atoms with Crippen LogP contribution < -0.4 is 21.3 Å². The number of halogens is 3. The highest BCUT2D eigenvalue weighted by Gasteiger charge is 2.48. The maximum atomic E-state index is 16.1. The first-order valence-electron chi connectivity index (χ1n) is 17.0. The van der Waals surface area contributed by atoms with Crippen molar-refractivity contribution in [3.8, 4) is 0 Å². The fourth-order valence-electron chi connectivity index (χ4n) is 6.36. The number of alkyl carbamates (subject to hydrolysis) is 1. The average molecular weight is 717 g/mol. The van der Waals surface area contributed by atoms with E-state index in [4.69, 9.17) is 21.1 Å². The maximum Gasteiger partial charge on any atom is 0.408 e. The number of carbonyl (C=O) groups excluding carboxylic acids is 5. The van der Waals surface area contributed by atoms with Crippen molar-refractivity contribution < 1.29 is 42.2 Å². The Hall–Kier alpha value is -4.26. The summed E-state index contributed by atoms with van der Waals surface area (Å²) in [6.45, 7) is 3.51. The minimum atomic E-state index is -3.72. The van der Waals surface area contributed by atoms with Crippen LogP contribution in [-0.4, -0.2) is 60.6 Å². The number of benzene rings is 2. The van der Waals surface area contributed by atoms with Crippen LogP contribution in [0.25, 0.3) is 0 Å². The molecular formula is C36H43ClF2N4O7. The van der Waals surface area contributed by atoms with Crippen LogP contribution in [0.5, 0.6) is 0 Å². The number of alkyl halides is 2. The Morgan fingerprint density at radius 3 is 2.30 bits per heavy atom. The summed E-state index contributed by atoms with van der Waals surface area (Å²) in [5.41, 5.74) is -0.733. The Morgan fingerprint density at radius 2 is 1.72 bits per heavy atom. The van der Waals surface area contributed by atoms with Crippen molar-refractivity contribution in [3.63, 3.8) is 0 Å². The largest absolute Gasteiger partial charge is 0.450 e. The highest BCUT2D eigenvalue weighted by molar-refractivity contribution is 6.30. The summed E-state index contributed by atoms with van der Waals surface area (Å²) in [5.74, 6) is -6.67. The molecule has 2 saturated carbocycles. The summed E-state index contributed by atoms with van der Waals surface area (Å²) < 4.78 is 43.1. The number of carbonyl (C=O) groups is 5. The second-order valence-corrected chi connectivity index (χ2v) is 14.0. The van der Waals surface area contributed by atoms with Crippen LogP contribution in [0.4, 0.5) is 13.6 Å². The molecule has 0 radical (unpaired) electrons. The number of esters is 1. The minimum absolute atomic E-state index is 0.0154. The van der Waals surface area contributed by atoms with Gasteiger partial charge < -0.3 is 30.7 Å².